The standard InChI is InChI=1S/C19H28N8O3S/c1-5-31(28,29)26-7-6-15(13(4)11-26)23-19-24-16-10-20-17(14-8-21-22-9-14)18(27(16)25-19)30-12(2)3/h8-10,12-13,15H,5-7,11H2,1-4H3,(H,21,22)(H,23,25)/t13-,15+/m1/s1. The number of fused-ring (bicyclic) bond motifs is 1. The van der Waals surface area contributed by atoms with Crippen LogP contribution in [0.3, 0.4) is 0 Å². The van der Waals surface area contributed by atoms with E-state index in [0.29, 0.717) is 42.7 Å². The van der Waals surface area contributed by atoms with Gasteiger partial charge in [0.2, 0.25) is 21.9 Å². The number of aromatic nitrogens is 6. The maximum Gasteiger partial charge on any atom is 0.244 e. The molecule has 3 aromatic heterocycles. The zero-order valence-electron chi connectivity index (χ0n) is 18.1. The zero-order valence-corrected chi connectivity index (χ0v) is 18.9. The minimum atomic E-state index is -3.18. The van der Waals surface area contributed by atoms with E-state index in [4.69, 9.17) is 4.74 Å². The summed E-state index contributed by atoms with van der Waals surface area (Å²) in [6.07, 6.45) is 5.68. The number of H-pyrrole nitrogens is 1. The van der Waals surface area contributed by atoms with Crippen LogP contribution in [-0.2, 0) is 10.0 Å². The Labute approximate surface area is 181 Å². The Bertz CT molecular complexity index is 1140. The Kier molecular flexibility index (Phi) is 5.84. The number of aromatic amines is 1. The van der Waals surface area contributed by atoms with Crippen LogP contribution >= 0.6 is 0 Å². The number of rotatable bonds is 7. The van der Waals surface area contributed by atoms with Crippen LogP contribution in [0.4, 0.5) is 5.95 Å². The Morgan fingerprint density at radius 2 is 2.16 bits per heavy atom. The SMILES string of the molecule is CCS(=O)(=O)N1CC[C@H](Nc2nc3cnc(-c4cn[nH]c4)c(OC(C)C)n3n2)[C@H](C)C1. The molecule has 11 nitrogen and oxygen atoms in total. The van der Waals surface area contributed by atoms with Crippen LogP contribution in [0.15, 0.2) is 18.6 Å². The van der Waals surface area contributed by atoms with E-state index in [-0.39, 0.29) is 23.8 Å². The molecule has 0 spiro atoms. The molecule has 0 saturated carbocycles. The van der Waals surface area contributed by atoms with Crippen molar-refractivity contribution < 1.29 is 13.2 Å². The monoisotopic (exact) mass is 448 g/mol. The molecule has 0 radical (unpaired) electrons. The molecule has 1 aliphatic heterocycles. The van der Waals surface area contributed by atoms with E-state index in [1.54, 1.807) is 34.3 Å². The summed E-state index contributed by atoms with van der Waals surface area (Å²) in [4.78, 5) is 9.07. The first-order chi connectivity index (χ1) is 14.8. The van der Waals surface area contributed by atoms with Gasteiger partial charge in [0.05, 0.1) is 24.3 Å². The van der Waals surface area contributed by atoms with Gasteiger partial charge in [-0.15, -0.1) is 5.10 Å². The van der Waals surface area contributed by atoms with Crippen molar-refractivity contribution in [3.63, 3.8) is 0 Å². The third-order valence-corrected chi connectivity index (χ3v) is 7.24. The van der Waals surface area contributed by atoms with Gasteiger partial charge < -0.3 is 10.1 Å². The van der Waals surface area contributed by atoms with Crippen LogP contribution in [-0.4, -0.2) is 73.5 Å². The highest BCUT2D eigenvalue weighted by Crippen LogP contribution is 2.29. The highest BCUT2D eigenvalue weighted by Gasteiger charge is 2.32. The van der Waals surface area contributed by atoms with Gasteiger partial charge in [-0.3, -0.25) is 5.10 Å². The first-order valence-corrected chi connectivity index (χ1v) is 12.1. The molecule has 1 fully saturated rings. The van der Waals surface area contributed by atoms with Crippen molar-refractivity contribution in [2.24, 2.45) is 5.92 Å². The molecule has 4 rings (SSSR count). The van der Waals surface area contributed by atoms with Gasteiger partial charge in [-0.2, -0.15) is 14.6 Å². The predicted octanol–water partition coefficient (Wildman–Crippen LogP) is 1.77. The number of hydrogen-bond acceptors (Lipinski definition) is 8. The number of nitrogens with zero attached hydrogens (tertiary/aromatic N) is 6. The second-order valence-electron chi connectivity index (χ2n) is 8.05. The number of hydrogen-bond donors (Lipinski definition) is 2. The molecule has 0 unspecified atom stereocenters. The quantitative estimate of drug-likeness (QED) is 0.559. The lowest BCUT2D eigenvalue weighted by molar-refractivity contribution is 0.227. The summed E-state index contributed by atoms with van der Waals surface area (Å²) in [6, 6.07) is 0.0662. The van der Waals surface area contributed by atoms with Crippen molar-refractivity contribution in [3.05, 3.63) is 18.6 Å². The zero-order chi connectivity index (χ0) is 22.2. The first-order valence-electron chi connectivity index (χ1n) is 10.4. The van der Waals surface area contributed by atoms with Gasteiger partial charge >= 0.3 is 0 Å². The van der Waals surface area contributed by atoms with Gasteiger partial charge in [0.15, 0.2) is 5.65 Å². The molecule has 2 atom stereocenters. The summed E-state index contributed by atoms with van der Waals surface area (Å²) in [7, 11) is -3.18. The molecule has 1 aliphatic rings. The second-order valence-corrected chi connectivity index (χ2v) is 10.3. The molecule has 31 heavy (non-hydrogen) atoms. The van der Waals surface area contributed by atoms with E-state index < -0.39 is 10.0 Å². The van der Waals surface area contributed by atoms with E-state index in [9.17, 15) is 8.42 Å². The van der Waals surface area contributed by atoms with Crippen LogP contribution < -0.4 is 10.1 Å². The Morgan fingerprint density at radius 3 is 2.81 bits per heavy atom. The van der Waals surface area contributed by atoms with Crippen molar-refractivity contribution in [1.82, 2.24) is 34.1 Å². The number of ether oxygens (including phenoxy) is 1. The number of nitrogens with one attached hydrogen (secondary N) is 2. The molecule has 0 amide bonds. The predicted molar refractivity (Wildman–Crippen MR) is 116 cm³/mol. The maximum absolute atomic E-state index is 12.2. The Hall–Kier alpha value is -2.73. The van der Waals surface area contributed by atoms with E-state index in [1.807, 2.05) is 20.8 Å². The van der Waals surface area contributed by atoms with Crippen molar-refractivity contribution in [1.29, 1.82) is 0 Å². The Balaban J connectivity index is 1.60. The average Bonchev–Trinajstić information content (AvgIpc) is 3.39. The highest BCUT2D eigenvalue weighted by atomic mass is 32.2. The fourth-order valence-electron chi connectivity index (χ4n) is 3.73. The van der Waals surface area contributed by atoms with Gasteiger partial charge in [0, 0.05) is 30.9 Å². The summed E-state index contributed by atoms with van der Waals surface area (Å²) in [6.45, 7) is 8.56. The fraction of sp³-hybridized carbons (Fsp3) is 0.579. The van der Waals surface area contributed by atoms with E-state index in [2.05, 4.69) is 30.6 Å². The lowest BCUT2D eigenvalue weighted by Crippen LogP contribution is -2.48. The first kappa shape index (κ1) is 21.5. The molecular formula is C19H28N8O3S. The molecule has 2 N–H and O–H groups in total. The van der Waals surface area contributed by atoms with Crippen molar-refractivity contribution in [2.45, 2.75) is 46.3 Å². The minimum Gasteiger partial charge on any atom is -0.473 e. The number of sulfonamides is 1. The van der Waals surface area contributed by atoms with Gasteiger partial charge in [0.25, 0.3) is 0 Å². The largest absolute Gasteiger partial charge is 0.473 e. The lowest BCUT2D eigenvalue weighted by atomic mass is 9.95. The van der Waals surface area contributed by atoms with Gasteiger partial charge in [-0.1, -0.05) is 6.92 Å². The second kappa shape index (κ2) is 8.42. The van der Waals surface area contributed by atoms with Gasteiger partial charge in [0.1, 0.15) is 5.69 Å². The highest BCUT2D eigenvalue weighted by molar-refractivity contribution is 7.89. The third kappa shape index (κ3) is 4.35. The minimum absolute atomic E-state index is 0.0662. The van der Waals surface area contributed by atoms with Crippen LogP contribution in [0.1, 0.15) is 34.1 Å². The van der Waals surface area contributed by atoms with Crippen molar-refractivity contribution in [2.75, 3.05) is 24.2 Å². The summed E-state index contributed by atoms with van der Waals surface area (Å²) in [5.41, 5.74) is 1.97. The average molecular weight is 449 g/mol. The van der Waals surface area contributed by atoms with E-state index >= 15 is 0 Å². The topological polar surface area (TPSA) is 130 Å². The van der Waals surface area contributed by atoms with Crippen molar-refractivity contribution >= 4 is 21.6 Å². The normalized spacial score (nSPS) is 20.4. The molecular weight excluding hydrogens is 420 g/mol. The summed E-state index contributed by atoms with van der Waals surface area (Å²) in [5.74, 6) is 1.19. The van der Waals surface area contributed by atoms with Crippen LogP contribution in [0, 0.1) is 5.92 Å². The molecule has 0 aromatic carbocycles. The van der Waals surface area contributed by atoms with Crippen LogP contribution in [0.5, 0.6) is 5.88 Å². The molecule has 4 heterocycles. The summed E-state index contributed by atoms with van der Waals surface area (Å²) < 4.78 is 33.6. The summed E-state index contributed by atoms with van der Waals surface area (Å²) >= 11 is 0. The molecule has 0 aliphatic carbocycles. The van der Waals surface area contributed by atoms with E-state index in [0.717, 1.165) is 5.56 Å². The number of anilines is 1. The summed E-state index contributed by atoms with van der Waals surface area (Å²) in [5, 5.41) is 14.8. The molecule has 3 aromatic rings. The van der Waals surface area contributed by atoms with Gasteiger partial charge in [-0.05, 0) is 33.1 Å². The Morgan fingerprint density at radius 1 is 1.35 bits per heavy atom. The number of piperidine rings is 1. The van der Waals surface area contributed by atoms with Gasteiger partial charge in [-0.25, -0.2) is 17.7 Å². The smallest absolute Gasteiger partial charge is 0.244 e. The van der Waals surface area contributed by atoms with Crippen LogP contribution in [0.2, 0.25) is 0 Å². The van der Waals surface area contributed by atoms with Crippen LogP contribution in [0.25, 0.3) is 16.9 Å². The van der Waals surface area contributed by atoms with Crippen molar-refractivity contribution in [3.8, 4) is 17.1 Å². The molecule has 1 saturated heterocycles. The maximum atomic E-state index is 12.2. The molecule has 0 bridgehead atoms. The van der Waals surface area contributed by atoms with E-state index in [1.165, 1.54) is 0 Å². The third-order valence-electron chi connectivity index (χ3n) is 5.40. The molecule has 168 valence electrons. The lowest BCUT2D eigenvalue weighted by Gasteiger charge is -2.36. The fourth-order valence-corrected chi connectivity index (χ4v) is 4.94. The molecule has 12 heteroatoms.